The van der Waals surface area contributed by atoms with Crippen LogP contribution in [-0.4, -0.2) is 24.5 Å². The Balaban J connectivity index is 2.05. The number of nitrogens with two attached hydrogens (primary N) is 1. The molecule has 0 radical (unpaired) electrons. The molecule has 1 aliphatic rings. The first-order chi connectivity index (χ1) is 9.41. The molecule has 0 aliphatic carbocycles. The van der Waals surface area contributed by atoms with Gasteiger partial charge in [0.2, 0.25) is 0 Å². The van der Waals surface area contributed by atoms with Crippen LogP contribution in [-0.2, 0) is 0 Å². The Labute approximate surface area is 135 Å². The van der Waals surface area contributed by atoms with Crippen LogP contribution in [0, 0.1) is 11.3 Å². The monoisotopic (exact) mass is 358 g/mol. The van der Waals surface area contributed by atoms with Gasteiger partial charge in [0.1, 0.15) is 0 Å². The fraction of sp³-hybridized carbons (Fsp3) is 0.750. The molecule has 2 atom stereocenters. The number of rotatable bonds is 3. The molecule has 1 saturated heterocycles. The molecule has 1 aromatic heterocycles. The minimum absolute atomic E-state index is 0.394. The van der Waals surface area contributed by atoms with Gasteiger partial charge in [0.05, 0.1) is 9.83 Å². The van der Waals surface area contributed by atoms with E-state index in [1.165, 1.54) is 41.0 Å². The molecule has 1 aromatic rings. The number of hydrogen-bond donors (Lipinski definition) is 1. The summed E-state index contributed by atoms with van der Waals surface area (Å²) in [5.41, 5.74) is 6.50. The second-order valence-corrected chi connectivity index (χ2v) is 9.42. The zero-order valence-corrected chi connectivity index (χ0v) is 15.3. The predicted molar refractivity (Wildman–Crippen MR) is 92.2 cm³/mol. The highest BCUT2D eigenvalue weighted by molar-refractivity contribution is 9.11. The molecule has 2 rings (SSSR count). The third-order valence-electron chi connectivity index (χ3n) is 4.57. The Hall–Kier alpha value is 0.1000. The molecule has 2 heterocycles. The lowest BCUT2D eigenvalue weighted by molar-refractivity contribution is 0.186. The lowest BCUT2D eigenvalue weighted by atomic mass is 9.77. The molecule has 0 spiro atoms. The molecule has 2 nitrogen and oxygen atoms in total. The van der Waals surface area contributed by atoms with Crippen LogP contribution >= 0.6 is 27.3 Å². The van der Waals surface area contributed by atoms with Gasteiger partial charge >= 0.3 is 0 Å². The highest BCUT2D eigenvalue weighted by Gasteiger charge is 2.29. The number of halogens is 1. The van der Waals surface area contributed by atoms with E-state index in [4.69, 9.17) is 5.73 Å². The zero-order chi connectivity index (χ0) is 14.8. The fourth-order valence-electron chi connectivity index (χ4n) is 3.25. The van der Waals surface area contributed by atoms with E-state index in [9.17, 15) is 0 Å². The summed E-state index contributed by atoms with van der Waals surface area (Å²) in [6.45, 7) is 10.2. The predicted octanol–water partition coefficient (Wildman–Crippen LogP) is 4.66. The van der Waals surface area contributed by atoms with Gasteiger partial charge in [-0.05, 0) is 71.7 Å². The van der Waals surface area contributed by atoms with Gasteiger partial charge in [-0.3, -0.25) is 4.90 Å². The lowest BCUT2D eigenvalue weighted by Gasteiger charge is -2.31. The highest BCUT2D eigenvalue weighted by atomic mass is 79.9. The summed E-state index contributed by atoms with van der Waals surface area (Å²) in [5.74, 6) is 0.834. The summed E-state index contributed by atoms with van der Waals surface area (Å²) >= 11 is 5.39. The minimum atomic E-state index is 0.394. The zero-order valence-electron chi connectivity index (χ0n) is 12.9. The van der Waals surface area contributed by atoms with Crippen molar-refractivity contribution in [1.82, 2.24) is 4.90 Å². The largest absolute Gasteiger partial charge is 0.329 e. The summed E-state index contributed by atoms with van der Waals surface area (Å²) < 4.78 is 1.20. The van der Waals surface area contributed by atoms with E-state index in [2.05, 4.69) is 53.7 Å². The van der Waals surface area contributed by atoms with Crippen molar-refractivity contribution >= 4 is 27.3 Å². The summed E-state index contributed by atoms with van der Waals surface area (Å²) in [6, 6.07) is 4.75. The van der Waals surface area contributed by atoms with E-state index < -0.39 is 0 Å². The van der Waals surface area contributed by atoms with Crippen LogP contribution in [0.1, 0.15) is 51.0 Å². The SMILES string of the molecule is CC(C)(C)C1CCCN(C(CN)c2ccc(Br)s2)CC1. The van der Waals surface area contributed by atoms with Gasteiger partial charge in [-0.2, -0.15) is 0 Å². The van der Waals surface area contributed by atoms with Gasteiger partial charge in [-0.15, -0.1) is 11.3 Å². The standard InChI is InChI=1S/C16H27BrN2S/c1-16(2,3)12-5-4-9-19(10-8-12)13(11-18)14-6-7-15(17)20-14/h6-7,12-13H,4-5,8-11,18H2,1-3H3. The smallest absolute Gasteiger partial charge is 0.0702 e. The molecular formula is C16H27BrN2S. The van der Waals surface area contributed by atoms with Gasteiger partial charge < -0.3 is 5.73 Å². The van der Waals surface area contributed by atoms with E-state index >= 15 is 0 Å². The van der Waals surface area contributed by atoms with E-state index in [1.54, 1.807) is 0 Å². The molecule has 0 aromatic carbocycles. The average Bonchev–Trinajstić information content (AvgIpc) is 2.64. The third-order valence-corrected chi connectivity index (χ3v) is 6.30. The normalized spacial score (nSPS) is 23.6. The van der Waals surface area contributed by atoms with Crippen molar-refractivity contribution in [3.63, 3.8) is 0 Å². The van der Waals surface area contributed by atoms with Gasteiger partial charge in [0.15, 0.2) is 0 Å². The van der Waals surface area contributed by atoms with Crippen LogP contribution in [0.2, 0.25) is 0 Å². The second-order valence-electron chi connectivity index (χ2n) is 6.92. The van der Waals surface area contributed by atoms with Gasteiger partial charge in [0.25, 0.3) is 0 Å². The van der Waals surface area contributed by atoms with Crippen LogP contribution in [0.15, 0.2) is 15.9 Å². The highest BCUT2D eigenvalue weighted by Crippen LogP contribution is 2.37. The first kappa shape index (κ1) is 16.5. The Morgan fingerprint density at radius 3 is 2.65 bits per heavy atom. The van der Waals surface area contributed by atoms with Crippen LogP contribution in [0.3, 0.4) is 0 Å². The maximum absolute atomic E-state index is 6.07. The molecule has 1 fully saturated rings. The number of nitrogens with zero attached hydrogens (tertiary/aromatic N) is 1. The average molecular weight is 359 g/mol. The molecule has 114 valence electrons. The summed E-state index contributed by atoms with van der Waals surface area (Å²) in [6.07, 6.45) is 3.95. The molecule has 20 heavy (non-hydrogen) atoms. The summed E-state index contributed by atoms with van der Waals surface area (Å²) in [5, 5.41) is 0. The molecular weight excluding hydrogens is 332 g/mol. The van der Waals surface area contributed by atoms with Crippen molar-refractivity contribution in [2.24, 2.45) is 17.1 Å². The van der Waals surface area contributed by atoms with E-state index in [0.717, 1.165) is 5.92 Å². The van der Waals surface area contributed by atoms with Gasteiger partial charge in [-0.25, -0.2) is 0 Å². The molecule has 2 unspecified atom stereocenters. The molecule has 4 heteroatoms. The van der Waals surface area contributed by atoms with Crippen LogP contribution in [0.5, 0.6) is 0 Å². The van der Waals surface area contributed by atoms with Crippen molar-refractivity contribution in [3.8, 4) is 0 Å². The van der Waals surface area contributed by atoms with Crippen molar-refractivity contribution in [2.75, 3.05) is 19.6 Å². The van der Waals surface area contributed by atoms with Crippen molar-refractivity contribution in [2.45, 2.75) is 46.1 Å². The molecule has 0 saturated carbocycles. The maximum atomic E-state index is 6.07. The topological polar surface area (TPSA) is 29.3 Å². The molecule has 2 N–H and O–H groups in total. The number of likely N-dealkylation sites (tertiary alicyclic amines) is 1. The lowest BCUT2D eigenvalue weighted by Crippen LogP contribution is -2.34. The third kappa shape index (κ3) is 4.06. The summed E-state index contributed by atoms with van der Waals surface area (Å²) in [7, 11) is 0. The first-order valence-corrected chi connectivity index (χ1v) is 9.22. The molecule has 1 aliphatic heterocycles. The Morgan fingerprint density at radius 2 is 2.10 bits per heavy atom. The fourth-order valence-corrected chi connectivity index (χ4v) is 4.82. The molecule has 0 bridgehead atoms. The van der Waals surface area contributed by atoms with E-state index in [-0.39, 0.29) is 0 Å². The van der Waals surface area contributed by atoms with E-state index in [1.807, 2.05) is 11.3 Å². The Bertz CT molecular complexity index is 424. The molecule has 0 amide bonds. The summed E-state index contributed by atoms with van der Waals surface area (Å²) in [4.78, 5) is 4.00. The quantitative estimate of drug-likeness (QED) is 0.851. The first-order valence-electron chi connectivity index (χ1n) is 7.61. The number of hydrogen-bond acceptors (Lipinski definition) is 3. The van der Waals surface area contributed by atoms with Gasteiger partial charge in [-0.1, -0.05) is 20.8 Å². The second kappa shape index (κ2) is 6.91. The van der Waals surface area contributed by atoms with Crippen LogP contribution < -0.4 is 5.73 Å². The number of thiophene rings is 1. The Morgan fingerprint density at radius 1 is 1.35 bits per heavy atom. The Kier molecular flexibility index (Phi) is 5.69. The van der Waals surface area contributed by atoms with Crippen molar-refractivity contribution < 1.29 is 0 Å². The minimum Gasteiger partial charge on any atom is -0.329 e. The van der Waals surface area contributed by atoms with E-state index in [0.29, 0.717) is 18.0 Å². The van der Waals surface area contributed by atoms with Gasteiger partial charge in [0, 0.05) is 11.4 Å². The van der Waals surface area contributed by atoms with Crippen LogP contribution in [0.25, 0.3) is 0 Å². The maximum Gasteiger partial charge on any atom is 0.0702 e. The van der Waals surface area contributed by atoms with Crippen molar-refractivity contribution in [3.05, 3.63) is 20.8 Å². The van der Waals surface area contributed by atoms with Crippen LogP contribution in [0.4, 0.5) is 0 Å². The van der Waals surface area contributed by atoms with Crippen molar-refractivity contribution in [1.29, 1.82) is 0 Å².